The van der Waals surface area contributed by atoms with E-state index < -0.39 is 0 Å². The average molecular weight is 397 g/mol. The first kappa shape index (κ1) is 21.5. The second kappa shape index (κ2) is 9.91. The third-order valence-corrected chi connectivity index (χ3v) is 6.08. The summed E-state index contributed by atoms with van der Waals surface area (Å²) in [6, 6.07) is 7.17. The zero-order valence-corrected chi connectivity index (χ0v) is 18.5. The normalized spacial score (nSPS) is 20.5. The van der Waals surface area contributed by atoms with Gasteiger partial charge in [-0.2, -0.15) is 0 Å². The molecule has 0 bridgehead atoms. The summed E-state index contributed by atoms with van der Waals surface area (Å²) in [5, 5.41) is 5.05. The third-order valence-electron chi connectivity index (χ3n) is 5.50. The van der Waals surface area contributed by atoms with Gasteiger partial charge in [-0.05, 0) is 63.0 Å². The van der Waals surface area contributed by atoms with Crippen LogP contribution in [0.25, 0.3) is 0 Å². The van der Waals surface area contributed by atoms with Crippen molar-refractivity contribution in [3.05, 3.63) is 28.8 Å². The molecule has 26 heavy (non-hydrogen) atoms. The Morgan fingerprint density at radius 2 is 1.92 bits per heavy atom. The first-order valence-corrected chi connectivity index (χ1v) is 10.7. The Kier molecular flexibility index (Phi) is 8.18. The van der Waals surface area contributed by atoms with E-state index in [0.717, 1.165) is 28.8 Å². The molecule has 1 aromatic rings. The highest BCUT2D eigenvalue weighted by Gasteiger charge is 2.29. The van der Waals surface area contributed by atoms with Crippen molar-refractivity contribution in [2.45, 2.75) is 66.0 Å². The number of thiocarbonyl (C=S) groups is 1. The van der Waals surface area contributed by atoms with Gasteiger partial charge in [-0.15, -0.1) is 0 Å². The smallest absolute Gasteiger partial charge is 0.173 e. The van der Waals surface area contributed by atoms with E-state index in [2.05, 4.69) is 44.8 Å². The van der Waals surface area contributed by atoms with Crippen LogP contribution in [0.15, 0.2) is 18.2 Å². The highest BCUT2D eigenvalue weighted by atomic mass is 35.5. The van der Waals surface area contributed by atoms with Gasteiger partial charge in [0.15, 0.2) is 5.11 Å². The lowest BCUT2D eigenvalue weighted by Crippen LogP contribution is -3.16. The van der Waals surface area contributed by atoms with Crippen LogP contribution in [0, 0.1) is 12.8 Å². The van der Waals surface area contributed by atoms with E-state index in [1.54, 1.807) is 4.90 Å². The Bertz CT molecular complexity index is 595. The number of halogens is 1. The van der Waals surface area contributed by atoms with Crippen LogP contribution >= 0.6 is 23.8 Å². The van der Waals surface area contributed by atoms with Gasteiger partial charge in [0.25, 0.3) is 0 Å². The maximum absolute atomic E-state index is 6.18. The number of hydrogen-bond acceptors (Lipinski definition) is 1. The standard InChI is InChI=1S/C21H34ClN3S/c1-15(2)8-13-25(19-9-11-24(12-10-19)16(3)4)21(26)23-20-14-18(22)7-6-17(20)5/h6-7,14-16,19H,8-13H2,1-5H3,(H,23,26)/p+1. The molecule has 0 spiro atoms. The Labute approximate surface area is 170 Å². The molecule has 0 saturated carbocycles. The number of quaternary nitrogens is 1. The highest BCUT2D eigenvalue weighted by Crippen LogP contribution is 2.22. The van der Waals surface area contributed by atoms with Crippen molar-refractivity contribution in [3.8, 4) is 0 Å². The summed E-state index contributed by atoms with van der Waals surface area (Å²) in [6.07, 6.45) is 3.58. The molecule has 1 saturated heterocycles. The van der Waals surface area contributed by atoms with Crippen LogP contribution in [-0.2, 0) is 0 Å². The Balaban J connectivity index is 2.08. The van der Waals surface area contributed by atoms with Crippen molar-refractivity contribution >= 4 is 34.6 Å². The Morgan fingerprint density at radius 1 is 1.27 bits per heavy atom. The van der Waals surface area contributed by atoms with E-state index in [1.165, 1.54) is 31.5 Å². The number of hydrogen-bond donors (Lipinski definition) is 2. The zero-order valence-electron chi connectivity index (χ0n) is 16.9. The van der Waals surface area contributed by atoms with Crippen molar-refractivity contribution in [2.75, 3.05) is 25.0 Å². The summed E-state index contributed by atoms with van der Waals surface area (Å²) < 4.78 is 0. The second-order valence-corrected chi connectivity index (χ2v) is 9.13. The van der Waals surface area contributed by atoms with Crippen LogP contribution in [-0.4, -0.2) is 41.7 Å². The maximum atomic E-state index is 6.18. The molecule has 0 radical (unpaired) electrons. The fourth-order valence-electron chi connectivity index (χ4n) is 3.63. The minimum absolute atomic E-state index is 0.538. The molecule has 0 atom stereocenters. The largest absolute Gasteiger partial charge is 0.346 e. The van der Waals surface area contributed by atoms with Crippen LogP contribution in [0.3, 0.4) is 0 Å². The Morgan fingerprint density at radius 3 is 2.50 bits per heavy atom. The lowest BCUT2D eigenvalue weighted by molar-refractivity contribution is -0.926. The second-order valence-electron chi connectivity index (χ2n) is 8.31. The fraction of sp³-hybridized carbons (Fsp3) is 0.667. The van der Waals surface area contributed by atoms with Crippen LogP contribution in [0.4, 0.5) is 5.69 Å². The lowest BCUT2D eigenvalue weighted by Gasteiger charge is -2.39. The molecular formula is C21H35ClN3S+. The van der Waals surface area contributed by atoms with Gasteiger partial charge in [-0.1, -0.05) is 31.5 Å². The molecule has 0 unspecified atom stereocenters. The molecule has 1 aliphatic heterocycles. The molecule has 1 aliphatic rings. The number of anilines is 1. The SMILES string of the molecule is Cc1ccc(Cl)cc1NC(=S)N(CCC(C)C)C1CC[NH+](C(C)C)CC1. The summed E-state index contributed by atoms with van der Waals surface area (Å²) in [4.78, 5) is 4.15. The molecule has 2 N–H and O–H groups in total. The molecule has 1 aromatic carbocycles. The number of rotatable bonds is 6. The van der Waals surface area contributed by atoms with Gasteiger partial charge in [0, 0.05) is 36.1 Å². The molecule has 2 rings (SSSR count). The predicted octanol–water partition coefficient (Wildman–Crippen LogP) is 4.15. The van der Waals surface area contributed by atoms with E-state index in [1.807, 2.05) is 18.2 Å². The van der Waals surface area contributed by atoms with Crippen LogP contribution in [0.5, 0.6) is 0 Å². The summed E-state index contributed by atoms with van der Waals surface area (Å²) >= 11 is 12.0. The van der Waals surface area contributed by atoms with Gasteiger partial charge in [0.1, 0.15) is 0 Å². The van der Waals surface area contributed by atoms with Gasteiger partial charge >= 0.3 is 0 Å². The van der Waals surface area contributed by atoms with E-state index >= 15 is 0 Å². The summed E-state index contributed by atoms with van der Waals surface area (Å²) in [7, 11) is 0. The van der Waals surface area contributed by atoms with Crippen molar-refractivity contribution in [2.24, 2.45) is 5.92 Å². The highest BCUT2D eigenvalue weighted by molar-refractivity contribution is 7.80. The van der Waals surface area contributed by atoms with E-state index in [4.69, 9.17) is 23.8 Å². The molecular weight excluding hydrogens is 362 g/mol. The number of nitrogens with zero attached hydrogens (tertiary/aromatic N) is 1. The molecule has 0 amide bonds. The van der Waals surface area contributed by atoms with Crippen molar-refractivity contribution < 1.29 is 4.90 Å². The molecule has 146 valence electrons. The zero-order chi connectivity index (χ0) is 19.3. The van der Waals surface area contributed by atoms with E-state index in [-0.39, 0.29) is 0 Å². The van der Waals surface area contributed by atoms with Gasteiger partial charge in [0.2, 0.25) is 0 Å². The van der Waals surface area contributed by atoms with Crippen LogP contribution in [0.2, 0.25) is 5.02 Å². The van der Waals surface area contributed by atoms with Crippen molar-refractivity contribution in [1.29, 1.82) is 0 Å². The predicted molar refractivity (Wildman–Crippen MR) is 117 cm³/mol. The van der Waals surface area contributed by atoms with Crippen LogP contribution < -0.4 is 10.2 Å². The number of likely N-dealkylation sites (tertiary alicyclic amines) is 1. The summed E-state index contributed by atoms with van der Waals surface area (Å²) in [5.41, 5.74) is 2.18. The third kappa shape index (κ3) is 6.11. The topological polar surface area (TPSA) is 19.7 Å². The maximum Gasteiger partial charge on any atom is 0.173 e. The molecule has 0 aromatic heterocycles. The van der Waals surface area contributed by atoms with E-state index in [0.29, 0.717) is 18.0 Å². The van der Waals surface area contributed by atoms with E-state index in [9.17, 15) is 0 Å². The van der Waals surface area contributed by atoms with Crippen LogP contribution in [0.1, 0.15) is 52.5 Å². The number of piperidine rings is 1. The minimum Gasteiger partial charge on any atom is -0.346 e. The van der Waals surface area contributed by atoms with Crippen molar-refractivity contribution in [1.82, 2.24) is 4.90 Å². The summed E-state index contributed by atoms with van der Waals surface area (Å²) in [5.74, 6) is 0.676. The van der Waals surface area contributed by atoms with Gasteiger partial charge in [-0.25, -0.2) is 0 Å². The summed E-state index contributed by atoms with van der Waals surface area (Å²) in [6.45, 7) is 14.8. The van der Waals surface area contributed by atoms with Gasteiger partial charge in [0.05, 0.1) is 19.1 Å². The molecule has 5 heteroatoms. The molecule has 3 nitrogen and oxygen atoms in total. The molecule has 1 heterocycles. The first-order valence-electron chi connectivity index (χ1n) is 9.96. The van der Waals surface area contributed by atoms with Gasteiger partial charge < -0.3 is 15.1 Å². The average Bonchev–Trinajstić information content (AvgIpc) is 2.58. The van der Waals surface area contributed by atoms with Crippen molar-refractivity contribution in [3.63, 3.8) is 0 Å². The Hall–Kier alpha value is -0.840. The minimum atomic E-state index is 0.538. The molecule has 1 fully saturated rings. The first-order chi connectivity index (χ1) is 12.3. The number of aryl methyl sites for hydroxylation is 1. The quantitative estimate of drug-likeness (QED) is 0.704. The lowest BCUT2D eigenvalue weighted by atomic mass is 10.0. The number of benzene rings is 1. The number of nitrogens with one attached hydrogen (secondary N) is 2. The van der Waals surface area contributed by atoms with Gasteiger partial charge in [-0.3, -0.25) is 0 Å². The fourth-order valence-corrected chi connectivity index (χ4v) is 4.15. The monoisotopic (exact) mass is 396 g/mol. The molecule has 0 aliphatic carbocycles.